The van der Waals surface area contributed by atoms with Crippen molar-refractivity contribution < 1.29 is 9.53 Å². The number of fused-ring (bicyclic) bond motifs is 3. The number of aromatic nitrogens is 2. The van der Waals surface area contributed by atoms with Crippen LogP contribution in [0.15, 0.2) is 54.6 Å². The van der Waals surface area contributed by atoms with Gasteiger partial charge in [-0.15, -0.1) is 0 Å². The standard InChI is InChI=1S/C18H17N3O2/c22-18(23-13-14-6-2-1-3-7-14)20-10-11-21-16-9-5-4-8-15(16)19-17(21)12-20/h1-9H,10-13H2. The van der Waals surface area contributed by atoms with Gasteiger partial charge in [0.2, 0.25) is 0 Å². The zero-order valence-electron chi connectivity index (χ0n) is 12.7. The minimum absolute atomic E-state index is 0.285. The number of carbonyl (C=O) groups is 1. The van der Waals surface area contributed by atoms with Gasteiger partial charge in [-0.05, 0) is 17.7 Å². The quantitative estimate of drug-likeness (QED) is 0.730. The lowest BCUT2D eigenvalue weighted by atomic mass is 10.2. The van der Waals surface area contributed by atoms with E-state index in [-0.39, 0.29) is 6.09 Å². The highest BCUT2D eigenvalue weighted by Gasteiger charge is 2.24. The molecule has 0 aliphatic carbocycles. The Morgan fingerprint density at radius 3 is 2.70 bits per heavy atom. The van der Waals surface area contributed by atoms with Crippen LogP contribution in [-0.2, 0) is 24.4 Å². The summed E-state index contributed by atoms with van der Waals surface area (Å²) in [7, 11) is 0. The molecule has 0 atom stereocenters. The van der Waals surface area contributed by atoms with Crippen LogP contribution in [0.25, 0.3) is 11.0 Å². The fourth-order valence-corrected chi connectivity index (χ4v) is 2.93. The fraction of sp³-hybridized carbons (Fsp3) is 0.222. The lowest BCUT2D eigenvalue weighted by Gasteiger charge is -2.27. The fourth-order valence-electron chi connectivity index (χ4n) is 2.93. The van der Waals surface area contributed by atoms with Gasteiger partial charge in [-0.25, -0.2) is 9.78 Å². The highest BCUT2D eigenvalue weighted by atomic mass is 16.6. The molecule has 2 heterocycles. The number of rotatable bonds is 2. The summed E-state index contributed by atoms with van der Waals surface area (Å²) in [6, 6.07) is 17.8. The molecule has 0 saturated carbocycles. The van der Waals surface area contributed by atoms with E-state index >= 15 is 0 Å². The number of amides is 1. The first-order valence-corrected chi connectivity index (χ1v) is 7.71. The molecule has 0 fully saturated rings. The molecule has 1 aromatic heterocycles. The number of para-hydroxylation sites is 2. The van der Waals surface area contributed by atoms with Crippen LogP contribution in [-0.4, -0.2) is 27.1 Å². The maximum absolute atomic E-state index is 12.3. The summed E-state index contributed by atoms with van der Waals surface area (Å²) in [5.74, 6) is 0.911. The molecule has 23 heavy (non-hydrogen) atoms. The normalized spacial score (nSPS) is 13.8. The molecule has 0 bridgehead atoms. The van der Waals surface area contributed by atoms with Crippen molar-refractivity contribution >= 4 is 17.1 Å². The summed E-state index contributed by atoms with van der Waals surface area (Å²) >= 11 is 0. The largest absolute Gasteiger partial charge is 0.445 e. The van der Waals surface area contributed by atoms with Gasteiger partial charge < -0.3 is 9.30 Å². The summed E-state index contributed by atoms with van der Waals surface area (Å²) in [6.07, 6.45) is -0.285. The molecule has 3 aromatic rings. The molecule has 0 radical (unpaired) electrons. The first-order chi connectivity index (χ1) is 11.3. The average molecular weight is 307 g/mol. The number of hydrogen-bond acceptors (Lipinski definition) is 3. The molecule has 5 nitrogen and oxygen atoms in total. The third-order valence-corrected chi connectivity index (χ3v) is 4.12. The molecule has 0 N–H and O–H groups in total. The van der Waals surface area contributed by atoms with Crippen molar-refractivity contribution in [2.24, 2.45) is 0 Å². The Balaban J connectivity index is 1.46. The monoisotopic (exact) mass is 307 g/mol. The molecule has 0 spiro atoms. The Bertz CT molecular complexity index is 842. The molecular weight excluding hydrogens is 290 g/mol. The van der Waals surface area contributed by atoms with Crippen LogP contribution in [0.5, 0.6) is 0 Å². The van der Waals surface area contributed by atoms with Gasteiger partial charge in [0.15, 0.2) is 0 Å². The molecule has 4 rings (SSSR count). The Hall–Kier alpha value is -2.82. The first-order valence-electron chi connectivity index (χ1n) is 7.71. The second-order valence-corrected chi connectivity index (χ2v) is 5.63. The van der Waals surface area contributed by atoms with Crippen LogP contribution in [0.3, 0.4) is 0 Å². The van der Waals surface area contributed by atoms with Crippen molar-refractivity contribution in [2.75, 3.05) is 6.54 Å². The summed E-state index contributed by atoms with van der Waals surface area (Å²) in [4.78, 5) is 18.6. The summed E-state index contributed by atoms with van der Waals surface area (Å²) in [6.45, 7) is 2.17. The molecule has 2 aromatic carbocycles. The summed E-state index contributed by atoms with van der Waals surface area (Å²) < 4.78 is 7.58. The predicted octanol–water partition coefficient (Wildman–Crippen LogP) is 3.19. The lowest BCUT2D eigenvalue weighted by molar-refractivity contribution is 0.0865. The van der Waals surface area contributed by atoms with Crippen molar-refractivity contribution in [1.82, 2.24) is 14.5 Å². The van der Waals surface area contributed by atoms with Crippen LogP contribution >= 0.6 is 0 Å². The van der Waals surface area contributed by atoms with Gasteiger partial charge in [0.05, 0.1) is 17.6 Å². The molecule has 1 aliphatic heterocycles. The van der Waals surface area contributed by atoms with E-state index in [1.807, 2.05) is 48.5 Å². The van der Waals surface area contributed by atoms with E-state index in [0.717, 1.165) is 29.0 Å². The van der Waals surface area contributed by atoms with Gasteiger partial charge in [-0.2, -0.15) is 0 Å². The molecule has 116 valence electrons. The van der Waals surface area contributed by atoms with Crippen molar-refractivity contribution in [3.8, 4) is 0 Å². The SMILES string of the molecule is O=C(OCc1ccccc1)N1CCn2c(nc3ccccc32)C1. The maximum Gasteiger partial charge on any atom is 0.410 e. The Morgan fingerprint density at radius 1 is 1.04 bits per heavy atom. The Labute approximate surface area is 134 Å². The molecule has 0 saturated heterocycles. The van der Waals surface area contributed by atoms with Gasteiger partial charge >= 0.3 is 6.09 Å². The highest BCUT2D eigenvalue weighted by molar-refractivity contribution is 5.76. The topological polar surface area (TPSA) is 47.4 Å². The molecule has 1 aliphatic rings. The zero-order chi connectivity index (χ0) is 15.6. The van der Waals surface area contributed by atoms with Gasteiger partial charge in [-0.1, -0.05) is 42.5 Å². The minimum atomic E-state index is -0.285. The lowest BCUT2D eigenvalue weighted by Crippen LogP contribution is -2.38. The van der Waals surface area contributed by atoms with Crippen LogP contribution < -0.4 is 0 Å². The number of benzene rings is 2. The van der Waals surface area contributed by atoms with Crippen LogP contribution in [0.2, 0.25) is 0 Å². The smallest absolute Gasteiger partial charge is 0.410 e. The third-order valence-electron chi connectivity index (χ3n) is 4.12. The number of ether oxygens (including phenoxy) is 1. The third kappa shape index (κ3) is 2.65. The Morgan fingerprint density at radius 2 is 1.83 bits per heavy atom. The van der Waals surface area contributed by atoms with E-state index in [9.17, 15) is 4.79 Å². The second-order valence-electron chi connectivity index (χ2n) is 5.63. The van der Waals surface area contributed by atoms with Gasteiger partial charge in [0.25, 0.3) is 0 Å². The van der Waals surface area contributed by atoms with Crippen LogP contribution in [0, 0.1) is 0 Å². The van der Waals surface area contributed by atoms with E-state index in [4.69, 9.17) is 4.74 Å². The summed E-state index contributed by atoms with van der Waals surface area (Å²) in [5.41, 5.74) is 3.09. The van der Waals surface area contributed by atoms with Crippen LogP contribution in [0.1, 0.15) is 11.4 Å². The molecular formula is C18H17N3O2. The first kappa shape index (κ1) is 13.8. The van der Waals surface area contributed by atoms with E-state index < -0.39 is 0 Å². The number of carbonyl (C=O) groups excluding carboxylic acids is 1. The van der Waals surface area contributed by atoms with E-state index in [1.54, 1.807) is 4.90 Å². The predicted molar refractivity (Wildman–Crippen MR) is 86.8 cm³/mol. The van der Waals surface area contributed by atoms with Crippen molar-refractivity contribution in [2.45, 2.75) is 19.7 Å². The maximum atomic E-state index is 12.3. The number of nitrogens with zero attached hydrogens (tertiary/aromatic N) is 3. The highest BCUT2D eigenvalue weighted by Crippen LogP contribution is 2.21. The van der Waals surface area contributed by atoms with Crippen LogP contribution in [0.4, 0.5) is 4.79 Å². The molecule has 0 unspecified atom stereocenters. The summed E-state index contributed by atoms with van der Waals surface area (Å²) in [5, 5.41) is 0. The average Bonchev–Trinajstić information content (AvgIpc) is 2.98. The van der Waals surface area contributed by atoms with E-state index in [0.29, 0.717) is 19.7 Å². The van der Waals surface area contributed by atoms with E-state index in [1.165, 1.54) is 0 Å². The van der Waals surface area contributed by atoms with Crippen molar-refractivity contribution in [3.05, 3.63) is 66.0 Å². The molecule has 1 amide bonds. The van der Waals surface area contributed by atoms with Gasteiger partial charge in [0.1, 0.15) is 12.4 Å². The van der Waals surface area contributed by atoms with E-state index in [2.05, 4.69) is 15.6 Å². The number of imidazole rings is 1. The second kappa shape index (κ2) is 5.76. The van der Waals surface area contributed by atoms with Gasteiger partial charge in [0, 0.05) is 13.1 Å². The minimum Gasteiger partial charge on any atom is -0.445 e. The Kier molecular flexibility index (Phi) is 3.46. The number of hydrogen-bond donors (Lipinski definition) is 0. The zero-order valence-corrected chi connectivity index (χ0v) is 12.7. The van der Waals surface area contributed by atoms with Gasteiger partial charge in [-0.3, -0.25) is 4.90 Å². The molecule has 5 heteroatoms. The van der Waals surface area contributed by atoms with Crippen molar-refractivity contribution in [3.63, 3.8) is 0 Å². The van der Waals surface area contributed by atoms with Crippen molar-refractivity contribution in [1.29, 1.82) is 0 Å².